The zero-order chi connectivity index (χ0) is 30.2. The summed E-state index contributed by atoms with van der Waals surface area (Å²) >= 11 is 1.18. The number of H-pyrrole nitrogens is 1. The van der Waals surface area contributed by atoms with E-state index in [1.54, 1.807) is 6.92 Å². The minimum Gasteiger partial charge on any atom is -0.489 e. The van der Waals surface area contributed by atoms with Gasteiger partial charge in [0.15, 0.2) is 5.78 Å². The number of amides is 1. The topological polar surface area (TPSA) is 105 Å². The van der Waals surface area contributed by atoms with Gasteiger partial charge in [-0.05, 0) is 106 Å². The maximum Gasteiger partial charge on any atom is 0.322 e. The minimum atomic E-state index is -0.108. The van der Waals surface area contributed by atoms with Crippen LogP contribution in [0.15, 0.2) is 35.1 Å². The van der Waals surface area contributed by atoms with Crippen molar-refractivity contribution in [1.29, 1.82) is 0 Å². The average Bonchev–Trinajstić information content (AvgIpc) is 3.77. The predicted octanol–water partition coefficient (Wildman–Crippen LogP) is 6.27. The quantitative estimate of drug-likeness (QED) is 0.338. The third-order valence-corrected chi connectivity index (χ3v) is 9.02. The lowest BCUT2D eigenvalue weighted by atomic mass is 9.87. The number of aromatic amines is 1. The number of nitrogens with one attached hydrogen (secondary N) is 1. The minimum absolute atomic E-state index is 0.0744. The van der Waals surface area contributed by atoms with Gasteiger partial charge in [-0.15, -0.1) is 0 Å². The van der Waals surface area contributed by atoms with Crippen molar-refractivity contribution in [2.45, 2.75) is 92.1 Å². The summed E-state index contributed by atoms with van der Waals surface area (Å²) in [7, 11) is 0. The molecule has 3 aromatic rings. The Balaban J connectivity index is 0.000000185. The second kappa shape index (κ2) is 14.7. The molecule has 1 aromatic carbocycles. The van der Waals surface area contributed by atoms with Crippen LogP contribution in [0, 0.1) is 18.8 Å². The van der Waals surface area contributed by atoms with E-state index in [1.165, 1.54) is 41.0 Å². The lowest BCUT2D eigenvalue weighted by Gasteiger charge is -2.36. The molecule has 9 heteroatoms. The van der Waals surface area contributed by atoms with Gasteiger partial charge < -0.3 is 9.64 Å². The van der Waals surface area contributed by atoms with Gasteiger partial charge in [0.25, 0.3) is 0 Å². The fraction of sp³-hybridized carbons (Fsp3) is 0.545. The van der Waals surface area contributed by atoms with Crippen molar-refractivity contribution in [3.05, 3.63) is 73.1 Å². The highest BCUT2D eigenvalue weighted by atomic mass is 32.1. The predicted molar refractivity (Wildman–Crippen MR) is 166 cm³/mol. The number of Topliss-reactive ketones (excluding diaryl/α,β-unsaturated/α-hetero) is 1. The van der Waals surface area contributed by atoms with Crippen LogP contribution in [0.4, 0.5) is 0 Å². The van der Waals surface area contributed by atoms with Gasteiger partial charge in [-0.25, -0.2) is 5.10 Å². The maximum absolute atomic E-state index is 12.1. The summed E-state index contributed by atoms with van der Waals surface area (Å²) in [6.45, 7) is 11.9. The number of carbonyl (C=O) groups excluding carboxylic acids is 2. The van der Waals surface area contributed by atoms with Crippen LogP contribution in [0.5, 0.6) is 5.75 Å². The van der Waals surface area contributed by atoms with Crippen LogP contribution in [-0.2, 0) is 24.2 Å². The lowest BCUT2D eigenvalue weighted by Crippen LogP contribution is -2.42. The molecule has 226 valence electrons. The first-order chi connectivity index (χ1) is 20.3. The number of nitrogens with zero attached hydrogens (tertiary/aromatic N) is 3. The van der Waals surface area contributed by atoms with E-state index in [0.29, 0.717) is 24.0 Å². The van der Waals surface area contributed by atoms with E-state index >= 15 is 0 Å². The number of hydrogen-bond acceptors (Lipinski definition) is 7. The van der Waals surface area contributed by atoms with E-state index < -0.39 is 0 Å². The van der Waals surface area contributed by atoms with Crippen molar-refractivity contribution < 1.29 is 14.3 Å². The van der Waals surface area contributed by atoms with Gasteiger partial charge in [-0.1, -0.05) is 32.1 Å². The highest BCUT2D eigenvalue weighted by Crippen LogP contribution is 2.36. The van der Waals surface area contributed by atoms with Crippen molar-refractivity contribution in [3.63, 3.8) is 0 Å². The summed E-state index contributed by atoms with van der Waals surface area (Å²) in [6.07, 6.45) is 7.74. The van der Waals surface area contributed by atoms with Crippen LogP contribution >= 0.6 is 11.3 Å². The van der Waals surface area contributed by atoms with Gasteiger partial charge in [-0.3, -0.25) is 19.4 Å². The Morgan fingerprint density at radius 3 is 2.45 bits per heavy atom. The molecule has 8 nitrogen and oxygen atoms in total. The number of aryl methyl sites for hydroxylation is 2. The second-order valence-electron chi connectivity index (χ2n) is 11.3. The van der Waals surface area contributed by atoms with Gasteiger partial charge in [0.05, 0.1) is 0 Å². The number of rotatable bonds is 6. The van der Waals surface area contributed by atoms with Gasteiger partial charge in [0, 0.05) is 41.9 Å². The van der Waals surface area contributed by atoms with Gasteiger partial charge in [-0.2, -0.15) is 5.10 Å². The molecular weight excluding hydrogens is 548 g/mol. The summed E-state index contributed by atoms with van der Waals surface area (Å²) in [6, 6.07) is 9.47. The molecule has 2 aromatic heterocycles. The Hall–Kier alpha value is -3.33. The Morgan fingerprint density at radius 2 is 1.81 bits per heavy atom. The fourth-order valence-electron chi connectivity index (χ4n) is 5.60. The third kappa shape index (κ3) is 8.15. The van der Waals surface area contributed by atoms with E-state index in [2.05, 4.69) is 28.2 Å². The highest BCUT2D eigenvalue weighted by Gasteiger charge is 2.38. The zero-order valence-electron chi connectivity index (χ0n) is 25.6. The smallest absolute Gasteiger partial charge is 0.322 e. The van der Waals surface area contributed by atoms with Crippen LogP contribution in [0.1, 0.15) is 104 Å². The van der Waals surface area contributed by atoms with Crippen molar-refractivity contribution in [2.75, 3.05) is 13.1 Å². The number of pyridine rings is 1. The molecule has 3 aliphatic rings. The molecule has 2 fully saturated rings. The van der Waals surface area contributed by atoms with Crippen molar-refractivity contribution >= 4 is 23.0 Å². The number of ether oxygens (including phenoxy) is 1. The summed E-state index contributed by atoms with van der Waals surface area (Å²) in [5.74, 6) is 2.14. The second-order valence-corrected chi connectivity index (χ2v) is 12.3. The number of piperidine rings is 1. The first kappa shape index (κ1) is 31.6. The number of carbonyl (C=O) groups is 2. The highest BCUT2D eigenvalue weighted by molar-refractivity contribution is 7.08. The molecule has 1 saturated heterocycles. The molecule has 42 heavy (non-hydrogen) atoms. The van der Waals surface area contributed by atoms with Crippen LogP contribution in [-0.4, -0.2) is 44.9 Å². The van der Waals surface area contributed by atoms with Crippen molar-refractivity contribution in [2.24, 2.45) is 11.8 Å². The number of aromatic nitrogens is 3. The van der Waals surface area contributed by atoms with E-state index in [1.807, 2.05) is 49.9 Å². The molecular formula is C33H44N4O4S. The number of fused-ring (bicyclic) bond motifs is 1. The molecule has 1 N–H and O–H groups in total. The standard InChI is InChI=1S/C19H21NO2.C12H17N3O2S.C2H6/c1-13-11-16(18-5-3-4-6-19(18)20-13)12-22-17-9-7-15(8-10-17)14(2)21;1-7-4-5-15(11(16)8-2-3-8)6-9(7)10-13-14-12(17)18-10;1-2/h7-11H,3-6,12H2,1-2H3;7-9H,2-6H2,1H3,(H,14,17);1-2H3. The van der Waals surface area contributed by atoms with Crippen LogP contribution in [0.2, 0.25) is 0 Å². The van der Waals surface area contributed by atoms with Gasteiger partial charge in [0.1, 0.15) is 17.4 Å². The molecule has 3 heterocycles. The van der Waals surface area contributed by atoms with Gasteiger partial charge >= 0.3 is 4.87 Å². The maximum atomic E-state index is 12.1. The molecule has 0 bridgehead atoms. The monoisotopic (exact) mass is 592 g/mol. The Labute approximate surface area is 252 Å². The summed E-state index contributed by atoms with van der Waals surface area (Å²) in [4.78, 5) is 41.1. The Morgan fingerprint density at radius 1 is 1.10 bits per heavy atom. The first-order valence-corrected chi connectivity index (χ1v) is 16.2. The normalized spacial score (nSPS) is 19.4. The Kier molecular flexibility index (Phi) is 11.1. The number of ketones is 1. The average molecular weight is 593 g/mol. The first-order valence-electron chi connectivity index (χ1n) is 15.3. The summed E-state index contributed by atoms with van der Waals surface area (Å²) in [5.41, 5.74) is 5.64. The molecule has 1 saturated carbocycles. The molecule has 0 radical (unpaired) electrons. The van der Waals surface area contributed by atoms with Crippen molar-refractivity contribution in [1.82, 2.24) is 20.1 Å². The fourth-order valence-corrected chi connectivity index (χ4v) is 6.43. The summed E-state index contributed by atoms with van der Waals surface area (Å²) in [5, 5.41) is 7.41. The molecule has 2 unspecified atom stereocenters. The third-order valence-electron chi connectivity index (χ3n) is 8.14. The van der Waals surface area contributed by atoms with E-state index in [0.717, 1.165) is 61.6 Å². The SMILES string of the molecule is CC.CC(=O)c1ccc(OCc2cc(C)nc3c2CCCC3)cc1.CC1CCN(C(=O)C2CC2)CC1c1n[nH]c(=O)s1. The summed E-state index contributed by atoms with van der Waals surface area (Å²) < 4.78 is 5.91. The molecule has 2 atom stereocenters. The number of likely N-dealkylation sites (tertiary alicyclic amines) is 1. The number of hydrogen-bond donors (Lipinski definition) is 1. The molecule has 0 spiro atoms. The molecule has 1 aliphatic heterocycles. The Bertz CT molecular complexity index is 1410. The van der Waals surface area contributed by atoms with E-state index in [4.69, 9.17) is 4.74 Å². The van der Waals surface area contributed by atoms with Gasteiger partial charge in [0.2, 0.25) is 5.91 Å². The van der Waals surface area contributed by atoms with Crippen LogP contribution in [0.25, 0.3) is 0 Å². The van der Waals surface area contributed by atoms with Crippen molar-refractivity contribution in [3.8, 4) is 5.75 Å². The van der Waals surface area contributed by atoms with Crippen LogP contribution < -0.4 is 9.61 Å². The molecule has 2 aliphatic carbocycles. The molecule has 6 rings (SSSR count). The number of benzene rings is 1. The lowest BCUT2D eigenvalue weighted by molar-refractivity contribution is -0.134. The van der Waals surface area contributed by atoms with E-state index in [9.17, 15) is 14.4 Å². The molecule has 1 amide bonds. The largest absolute Gasteiger partial charge is 0.489 e. The van der Waals surface area contributed by atoms with E-state index in [-0.39, 0.29) is 22.5 Å². The zero-order valence-corrected chi connectivity index (χ0v) is 26.4. The van der Waals surface area contributed by atoms with Crippen LogP contribution in [0.3, 0.4) is 0 Å².